The summed E-state index contributed by atoms with van der Waals surface area (Å²) in [4.78, 5) is 7.29. The van der Waals surface area contributed by atoms with Crippen molar-refractivity contribution >= 4 is 17.2 Å². The fourth-order valence-corrected chi connectivity index (χ4v) is 2.36. The summed E-state index contributed by atoms with van der Waals surface area (Å²) in [7, 11) is 0. The molecule has 0 aromatic carbocycles. The molecular weight excluding hydrogens is 235 g/mol. The molecule has 0 amide bonds. The monoisotopic (exact) mass is 250 g/mol. The molecule has 4 heteroatoms. The van der Waals surface area contributed by atoms with Crippen LogP contribution in [0.2, 0.25) is 0 Å². The molecule has 17 heavy (non-hydrogen) atoms. The zero-order valence-corrected chi connectivity index (χ0v) is 10.7. The van der Waals surface area contributed by atoms with Gasteiger partial charge in [-0.15, -0.1) is 11.3 Å². The molecule has 0 spiro atoms. The third kappa shape index (κ3) is 3.03. The van der Waals surface area contributed by atoms with Gasteiger partial charge in [-0.2, -0.15) is 4.39 Å². The van der Waals surface area contributed by atoms with Crippen LogP contribution >= 0.6 is 11.3 Å². The van der Waals surface area contributed by atoms with Crippen LogP contribution in [0, 0.1) is 5.95 Å². The molecule has 2 aromatic heterocycles. The van der Waals surface area contributed by atoms with E-state index in [1.165, 1.54) is 10.9 Å². The minimum Gasteiger partial charge on any atom is -0.349 e. The van der Waals surface area contributed by atoms with Crippen LogP contribution in [-0.2, 0) is 6.54 Å². The van der Waals surface area contributed by atoms with E-state index in [0.29, 0.717) is 5.82 Å². The van der Waals surface area contributed by atoms with E-state index in [9.17, 15) is 4.39 Å². The van der Waals surface area contributed by atoms with Crippen LogP contribution in [0.15, 0.2) is 35.7 Å². The zero-order chi connectivity index (χ0) is 12.3. The van der Waals surface area contributed by atoms with Gasteiger partial charge in [-0.1, -0.05) is 12.1 Å². The van der Waals surface area contributed by atoms with Gasteiger partial charge in [0.25, 0.3) is 0 Å². The highest BCUT2D eigenvalue weighted by atomic mass is 32.1. The average molecular weight is 250 g/mol. The highest BCUT2D eigenvalue weighted by Gasteiger charge is 2.13. The van der Waals surface area contributed by atoms with Crippen LogP contribution in [0.3, 0.4) is 0 Å². The van der Waals surface area contributed by atoms with Crippen LogP contribution in [0.1, 0.15) is 18.7 Å². The number of thiophene rings is 1. The molecule has 0 aliphatic heterocycles. The Bertz CT molecular complexity index is 468. The highest BCUT2D eigenvalue weighted by molar-refractivity contribution is 7.09. The molecule has 2 nitrogen and oxygen atoms in total. The summed E-state index contributed by atoms with van der Waals surface area (Å²) in [6, 6.07) is 9.30. The maximum absolute atomic E-state index is 13.1. The number of pyridine rings is 1. The van der Waals surface area contributed by atoms with Crippen LogP contribution in [0.4, 0.5) is 10.2 Å². The van der Waals surface area contributed by atoms with E-state index in [4.69, 9.17) is 0 Å². The Morgan fingerprint density at radius 1 is 1.29 bits per heavy atom. The fraction of sp³-hybridized carbons (Fsp3) is 0.308. The second kappa shape index (κ2) is 5.27. The SMILES string of the molecule is CC(C)N(Cc1cccs1)c1cccc(F)n1. The van der Waals surface area contributed by atoms with Gasteiger partial charge < -0.3 is 4.90 Å². The number of hydrogen-bond acceptors (Lipinski definition) is 3. The summed E-state index contributed by atoms with van der Waals surface area (Å²) in [5.74, 6) is 0.257. The van der Waals surface area contributed by atoms with Crippen LogP contribution in [-0.4, -0.2) is 11.0 Å². The van der Waals surface area contributed by atoms with Crippen molar-refractivity contribution in [3.05, 3.63) is 46.5 Å². The lowest BCUT2D eigenvalue weighted by molar-refractivity contribution is 0.575. The van der Waals surface area contributed by atoms with Gasteiger partial charge in [-0.3, -0.25) is 0 Å². The van der Waals surface area contributed by atoms with Gasteiger partial charge in [-0.25, -0.2) is 4.98 Å². The normalized spacial score (nSPS) is 10.8. The first-order chi connectivity index (χ1) is 8.16. The molecule has 2 rings (SSSR count). The first-order valence-corrected chi connectivity index (χ1v) is 6.46. The minimum atomic E-state index is -0.431. The first kappa shape index (κ1) is 12.0. The van der Waals surface area contributed by atoms with Gasteiger partial charge in [-0.05, 0) is 37.4 Å². The topological polar surface area (TPSA) is 16.1 Å². The van der Waals surface area contributed by atoms with Crippen molar-refractivity contribution in [1.82, 2.24) is 4.98 Å². The van der Waals surface area contributed by atoms with Gasteiger partial charge >= 0.3 is 0 Å². The number of hydrogen-bond donors (Lipinski definition) is 0. The van der Waals surface area contributed by atoms with Crippen LogP contribution < -0.4 is 4.90 Å². The summed E-state index contributed by atoms with van der Waals surface area (Å²) in [6.45, 7) is 4.94. The molecule has 0 bridgehead atoms. The van der Waals surface area contributed by atoms with Crippen molar-refractivity contribution < 1.29 is 4.39 Å². The quantitative estimate of drug-likeness (QED) is 0.769. The van der Waals surface area contributed by atoms with Crippen molar-refractivity contribution in [2.75, 3.05) is 4.90 Å². The van der Waals surface area contributed by atoms with Gasteiger partial charge in [0, 0.05) is 10.9 Å². The Hall–Kier alpha value is -1.42. The Labute approximate surface area is 105 Å². The summed E-state index contributed by atoms with van der Waals surface area (Å²) >= 11 is 1.70. The third-order valence-corrected chi connectivity index (χ3v) is 3.39. The molecule has 0 aliphatic carbocycles. The number of aromatic nitrogens is 1. The zero-order valence-electron chi connectivity index (χ0n) is 9.93. The Balaban J connectivity index is 2.23. The predicted octanol–water partition coefficient (Wildman–Crippen LogP) is 3.70. The van der Waals surface area contributed by atoms with Gasteiger partial charge in [0.05, 0.1) is 6.54 Å². The molecule has 0 N–H and O–H groups in total. The molecule has 0 aliphatic rings. The minimum absolute atomic E-state index is 0.284. The molecule has 0 saturated heterocycles. The summed E-state index contributed by atoms with van der Waals surface area (Å²) in [5.41, 5.74) is 0. The van der Waals surface area contributed by atoms with E-state index < -0.39 is 5.95 Å². The van der Waals surface area contributed by atoms with E-state index in [1.54, 1.807) is 17.4 Å². The van der Waals surface area contributed by atoms with Crippen molar-refractivity contribution in [3.63, 3.8) is 0 Å². The standard InChI is InChI=1S/C13H15FN2S/c1-10(2)16(9-11-5-4-8-17-11)13-7-3-6-12(14)15-13/h3-8,10H,9H2,1-2H3. The number of nitrogens with zero attached hydrogens (tertiary/aromatic N) is 2. The van der Waals surface area contributed by atoms with Gasteiger partial charge in [0.1, 0.15) is 5.82 Å². The molecule has 0 unspecified atom stereocenters. The predicted molar refractivity (Wildman–Crippen MR) is 69.8 cm³/mol. The molecule has 90 valence electrons. The van der Waals surface area contributed by atoms with E-state index >= 15 is 0 Å². The van der Waals surface area contributed by atoms with E-state index in [2.05, 4.69) is 29.8 Å². The fourth-order valence-electron chi connectivity index (χ4n) is 1.66. The van der Waals surface area contributed by atoms with Crippen LogP contribution in [0.5, 0.6) is 0 Å². The number of rotatable bonds is 4. The lowest BCUT2D eigenvalue weighted by atomic mass is 10.3. The second-order valence-electron chi connectivity index (χ2n) is 4.12. The van der Waals surface area contributed by atoms with Gasteiger partial charge in [0.2, 0.25) is 5.95 Å². The highest BCUT2D eigenvalue weighted by Crippen LogP contribution is 2.20. The van der Waals surface area contributed by atoms with Crippen LogP contribution in [0.25, 0.3) is 0 Å². The smallest absolute Gasteiger partial charge is 0.214 e. The summed E-state index contributed by atoms with van der Waals surface area (Å²) < 4.78 is 13.1. The van der Waals surface area contributed by atoms with E-state index in [0.717, 1.165) is 6.54 Å². The molecule has 2 heterocycles. The number of anilines is 1. The van der Waals surface area contributed by atoms with Crippen molar-refractivity contribution in [3.8, 4) is 0 Å². The Morgan fingerprint density at radius 2 is 2.12 bits per heavy atom. The lowest BCUT2D eigenvalue weighted by Gasteiger charge is -2.27. The summed E-state index contributed by atoms with van der Waals surface area (Å²) in [6.07, 6.45) is 0. The second-order valence-corrected chi connectivity index (χ2v) is 5.15. The molecule has 2 aromatic rings. The van der Waals surface area contributed by atoms with Gasteiger partial charge in [0.15, 0.2) is 0 Å². The first-order valence-electron chi connectivity index (χ1n) is 5.58. The molecule has 0 atom stereocenters. The molecular formula is C13H15FN2S. The molecule has 0 fully saturated rings. The molecule has 0 radical (unpaired) electrons. The number of halogens is 1. The lowest BCUT2D eigenvalue weighted by Crippen LogP contribution is -2.30. The largest absolute Gasteiger partial charge is 0.349 e. The van der Waals surface area contributed by atoms with E-state index in [-0.39, 0.29) is 6.04 Å². The maximum Gasteiger partial charge on any atom is 0.214 e. The van der Waals surface area contributed by atoms with Crippen molar-refractivity contribution in [1.29, 1.82) is 0 Å². The van der Waals surface area contributed by atoms with E-state index in [1.807, 2.05) is 17.5 Å². The maximum atomic E-state index is 13.1. The van der Waals surface area contributed by atoms with Crippen molar-refractivity contribution in [2.24, 2.45) is 0 Å². The summed E-state index contributed by atoms with van der Waals surface area (Å²) in [5, 5.41) is 2.05. The van der Waals surface area contributed by atoms with Crippen molar-refractivity contribution in [2.45, 2.75) is 26.4 Å². The third-order valence-electron chi connectivity index (χ3n) is 2.52. The Morgan fingerprint density at radius 3 is 2.71 bits per heavy atom. The Kier molecular flexibility index (Phi) is 3.74. The average Bonchev–Trinajstić information content (AvgIpc) is 2.78. The molecule has 0 saturated carbocycles.